The van der Waals surface area contributed by atoms with Crippen LogP contribution < -0.4 is 5.32 Å². The van der Waals surface area contributed by atoms with Gasteiger partial charge in [0.2, 0.25) is 0 Å². The van der Waals surface area contributed by atoms with Crippen molar-refractivity contribution in [3.8, 4) is 11.8 Å². The fraction of sp³-hybridized carbons (Fsp3) is 0.312. The molecule has 2 N–H and O–H groups in total. The van der Waals surface area contributed by atoms with Gasteiger partial charge in [0.05, 0.1) is 23.5 Å². The molecule has 9 heteroatoms. The van der Waals surface area contributed by atoms with Crippen molar-refractivity contribution in [1.29, 1.82) is 5.26 Å². The van der Waals surface area contributed by atoms with E-state index in [2.05, 4.69) is 15.6 Å². The topological polar surface area (TPSA) is 124 Å². The molecule has 0 aliphatic carbocycles. The lowest BCUT2D eigenvalue weighted by molar-refractivity contribution is 0.0942. The number of hydrogen-bond acceptors (Lipinski definition) is 5. The van der Waals surface area contributed by atoms with Crippen molar-refractivity contribution < 1.29 is 14.7 Å². The first-order valence-electron chi connectivity index (χ1n) is 7.76. The lowest BCUT2D eigenvalue weighted by Gasteiger charge is -2.12. The standard InChI is InChI=1S/C16H16N6O3/c17-7-11-2-1-3-13(6-11)22-10-14(19-20-22)15(23)18-8-12-4-5-21(9-12)16(24)25/h1-3,6,10,12H,4-5,8-9H2,(H,18,23)(H,24,25). The zero-order chi connectivity index (χ0) is 17.8. The highest BCUT2D eigenvalue weighted by Crippen LogP contribution is 2.15. The van der Waals surface area contributed by atoms with Crippen LogP contribution in [0.25, 0.3) is 5.69 Å². The molecule has 0 radical (unpaired) electrons. The molecular weight excluding hydrogens is 324 g/mol. The van der Waals surface area contributed by atoms with Crippen LogP contribution in [-0.4, -0.2) is 56.6 Å². The number of hydrogen-bond donors (Lipinski definition) is 2. The predicted molar refractivity (Wildman–Crippen MR) is 86.1 cm³/mol. The van der Waals surface area contributed by atoms with Crippen LogP contribution in [0, 0.1) is 17.2 Å². The number of rotatable bonds is 4. The van der Waals surface area contributed by atoms with Crippen molar-refractivity contribution in [1.82, 2.24) is 25.2 Å². The van der Waals surface area contributed by atoms with Crippen LogP contribution in [0.2, 0.25) is 0 Å². The van der Waals surface area contributed by atoms with Crippen LogP contribution in [0.4, 0.5) is 4.79 Å². The number of benzene rings is 1. The summed E-state index contributed by atoms with van der Waals surface area (Å²) >= 11 is 0. The van der Waals surface area contributed by atoms with Gasteiger partial charge in [-0.15, -0.1) is 5.10 Å². The Labute approximate surface area is 143 Å². The fourth-order valence-corrected chi connectivity index (χ4v) is 2.71. The third kappa shape index (κ3) is 3.74. The quantitative estimate of drug-likeness (QED) is 0.851. The van der Waals surface area contributed by atoms with E-state index < -0.39 is 6.09 Å². The molecule has 1 aliphatic heterocycles. The number of aromatic nitrogens is 3. The van der Waals surface area contributed by atoms with Crippen molar-refractivity contribution in [3.63, 3.8) is 0 Å². The van der Waals surface area contributed by atoms with Crippen molar-refractivity contribution >= 4 is 12.0 Å². The zero-order valence-electron chi connectivity index (χ0n) is 13.3. The van der Waals surface area contributed by atoms with Crippen LogP contribution in [0.3, 0.4) is 0 Å². The van der Waals surface area contributed by atoms with E-state index in [9.17, 15) is 9.59 Å². The largest absolute Gasteiger partial charge is 0.465 e. The highest BCUT2D eigenvalue weighted by molar-refractivity contribution is 5.91. The maximum absolute atomic E-state index is 12.2. The van der Waals surface area contributed by atoms with E-state index in [1.807, 2.05) is 6.07 Å². The maximum atomic E-state index is 12.2. The second-order valence-electron chi connectivity index (χ2n) is 5.80. The first-order valence-corrected chi connectivity index (χ1v) is 7.76. The van der Waals surface area contributed by atoms with Gasteiger partial charge in [0.1, 0.15) is 0 Å². The summed E-state index contributed by atoms with van der Waals surface area (Å²) in [5.74, 6) is -0.265. The van der Waals surface area contributed by atoms with Gasteiger partial charge in [0, 0.05) is 19.6 Å². The lowest BCUT2D eigenvalue weighted by atomic mass is 10.1. The van der Waals surface area contributed by atoms with E-state index in [1.54, 1.807) is 24.3 Å². The van der Waals surface area contributed by atoms with Crippen LogP contribution in [-0.2, 0) is 0 Å². The summed E-state index contributed by atoms with van der Waals surface area (Å²) in [6.07, 6.45) is 1.28. The van der Waals surface area contributed by atoms with Gasteiger partial charge in [0.25, 0.3) is 5.91 Å². The molecule has 1 unspecified atom stereocenters. The molecule has 1 aromatic heterocycles. The Morgan fingerprint density at radius 2 is 2.28 bits per heavy atom. The number of carboxylic acid groups (broad SMARTS) is 1. The Hall–Kier alpha value is -3.41. The van der Waals surface area contributed by atoms with Gasteiger partial charge in [-0.1, -0.05) is 11.3 Å². The molecule has 128 valence electrons. The first kappa shape index (κ1) is 16.4. The first-order chi connectivity index (χ1) is 12.1. The van der Waals surface area contributed by atoms with Gasteiger partial charge < -0.3 is 15.3 Å². The molecule has 1 fully saturated rings. The fourth-order valence-electron chi connectivity index (χ4n) is 2.71. The number of likely N-dealkylation sites (tertiary alicyclic amines) is 1. The number of carbonyl (C=O) groups is 2. The summed E-state index contributed by atoms with van der Waals surface area (Å²) in [7, 11) is 0. The van der Waals surface area contributed by atoms with E-state index in [0.29, 0.717) is 30.9 Å². The number of nitrogens with zero attached hydrogens (tertiary/aromatic N) is 5. The number of carbonyl (C=O) groups excluding carboxylic acids is 1. The van der Waals surface area contributed by atoms with Crippen LogP contribution in [0.1, 0.15) is 22.5 Å². The van der Waals surface area contributed by atoms with Crippen LogP contribution in [0.15, 0.2) is 30.5 Å². The zero-order valence-corrected chi connectivity index (χ0v) is 13.3. The molecule has 1 saturated heterocycles. The smallest absolute Gasteiger partial charge is 0.407 e. The lowest BCUT2D eigenvalue weighted by Crippen LogP contribution is -2.32. The Bertz CT molecular complexity index is 840. The van der Waals surface area contributed by atoms with Gasteiger partial charge in [0.15, 0.2) is 5.69 Å². The van der Waals surface area contributed by atoms with E-state index in [4.69, 9.17) is 10.4 Å². The predicted octanol–water partition coefficient (Wildman–Crippen LogP) is 0.869. The Morgan fingerprint density at radius 1 is 1.44 bits per heavy atom. The summed E-state index contributed by atoms with van der Waals surface area (Å²) in [5.41, 5.74) is 1.29. The SMILES string of the molecule is N#Cc1cccc(-n2cc(C(=O)NCC3CCN(C(=O)O)C3)nn2)c1. The van der Waals surface area contributed by atoms with Crippen molar-refractivity contribution in [2.24, 2.45) is 5.92 Å². The molecule has 2 heterocycles. The van der Waals surface area contributed by atoms with Crippen LogP contribution >= 0.6 is 0 Å². The highest BCUT2D eigenvalue weighted by Gasteiger charge is 2.26. The molecular formula is C16H16N6O3. The van der Waals surface area contributed by atoms with E-state index in [0.717, 1.165) is 6.42 Å². The molecule has 3 rings (SSSR count). The summed E-state index contributed by atoms with van der Waals surface area (Å²) in [5, 5.41) is 28.4. The Kier molecular flexibility index (Phi) is 4.61. The number of nitriles is 1. The minimum atomic E-state index is -0.934. The molecule has 0 bridgehead atoms. The van der Waals surface area contributed by atoms with Crippen molar-refractivity contribution in [3.05, 3.63) is 41.7 Å². The van der Waals surface area contributed by atoms with Gasteiger partial charge >= 0.3 is 6.09 Å². The average Bonchev–Trinajstić information content (AvgIpc) is 3.29. The molecule has 2 amide bonds. The normalized spacial score (nSPS) is 16.4. The summed E-state index contributed by atoms with van der Waals surface area (Å²) in [4.78, 5) is 24.4. The highest BCUT2D eigenvalue weighted by atomic mass is 16.4. The minimum Gasteiger partial charge on any atom is -0.465 e. The van der Waals surface area contributed by atoms with Crippen LogP contribution in [0.5, 0.6) is 0 Å². The molecule has 25 heavy (non-hydrogen) atoms. The Morgan fingerprint density at radius 3 is 3.00 bits per heavy atom. The molecule has 2 aromatic rings. The number of nitrogens with one attached hydrogen (secondary N) is 1. The molecule has 0 spiro atoms. The van der Waals surface area contributed by atoms with Crippen molar-refractivity contribution in [2.75, 3.05) is 19.6 Å². The molecule has 9 nitrogen and oxygen atoms in total. The average molecular weight is 340 g/mol. The Balaban J connectivity index is 1.59. The number of amides is 2. The minimum absolute atomic E-state index is 0.0994. The van der Waals surface area contributed by atoms with E-state index >= 15 is 0 Å². The second-order valence-corrected chi connectivity index (χ2v) is 5.80. The molecule has 1 aromatic carbocycles. The molecule has 1 aliphatic rings. The third-order valence-corrected chi connectivity index (χ3v) is 4.07. The summed E-state index contributed by atoms with van der Waals surface area (Å²) in [6.45, 7) is 1.30. The maximum Gasteiger partial charge on any atom is 0.407 e. The van der Waals surface area contributed by atoms with Gasteiger partial charge in [-0.05, 0) is 30.5 Å². The van der Waals surface area contributed by atoms with Gasteiger partial charge in [-0.25, -0.2) is 9.48 Å². The van der Waals surface area contributed by atoms with E-state index in [-0.39, 0.29) is 17.5 Å². The third-order valence-electron chi connectivity index (χ3n) is 4.07. The van der Waals surface area contributed by atoms with E-state index in [1.165, 1.54) is 15.8 Å². The van der Waals surface area contributed by atoms with Crippen molar-refractivity contribution in [2.45, 2.75) is 6.42 Å². The molecule has 0 saturated carbocycles. The second kappa shape index (κ2) is 7.00. The molecule has 1 atom stereocenters. The monoisotopic (exact) mass is 340 g/mol. The van der Waals surface area contributed by atoms with Gasteiger partial charge in [-0.2, -0.15) is 5.26 Å². The summed E-state index contributed by atoms with van der Waals surface area (Å²) in [6, 6.07) is 8.85. The van der Waals surface area contributed by atoms with Gasteiger partial charge in [-0.3, -0.25) is 4.79 Å². The summed E-state index contributed by atoms with van der Waals surface area (Å²) < 4.78 is 1.43.